The summed E-state index contributed by atoms with van der Waals surface area (Å²) >= 11 is 0. The molecule has 1 heterocycles. The van der Waals surface area contributed by atoms with E-state index in [9.17, 15) is 18.0 Å². The van der Waals surface area contributed by atoms with Gasteiger partial charge in [-0.2, -0.15) is 18.2 Å². The molecule has 6 nitrogen and oxygen atoms in total. The molecular formula is C13H13F3N4O2. The molecule has 0 aliphatic rings. The number of halogens is 3. The molecule has 1 aromatic heterocycles. The Bertz CT molecular complexity index is 682. The number of carbonyl (C=O) groups excluding carboxylic acids is 1. The molecule has 0 fully saturated rings. The summed E-state index contributed by atoms with van der Waals surface area (Å²) in [5.41, 5.74) is 1.81. The molecule has 0 radical (unpaired) electrons. The molecule has 0 spiro atoms. The number of ether oxygens (including phenoxy) is 1. The Hall–Kier alpha value is -2.58. The highest BCUT2D eigenvalue weighted by Crippen LogP contribution is 2.26. The van der Waals surface area contributed by atoms with E-state index < -0.39 is 23.9 Å². The number of H-pyrrole nitrogens is 1. The van der Waals surface area contributed by atoms with Crippen molar-refractivity contribution in [2.45, 2.75) is 20.0 Å². The van der Waals surface area contributed by atoms with E-state index in [-0.39, 0.29) is 6.61 Å². The average molecular weight is 314 g/mol. The number of alkyl halides is 3. The first-order valence-corrected chi connectivity index (χ1v) is 6.25. The third-order valence-electron chi connectivity index (χ3n) is 2.71. The summed E-state index contributed by atoms with van der Waals surface area (Å²) in [6.45, 7) is 3.33. The van der Waals surface area contributed by atoms with Crippen molar-refractivity contribution in [1.29, 1.82) is 0 Å². The molecule has 0 aliphatic heterocycles. The van der Waals surface area contributed by atoms with Crippen molar-refractivity contribution in [3.8, 4) is 5.75 Å². The van der Waals surface area contributed by atoms with Gasteiger partial charge in [0.2, 0.25) is 11.8 Å². The highest BCUT2D eigenvalue weighted by molar-refractivity contribution is 5.90. The maximum atomic E-state index is 12.3. The zero-order valence-electron chi connectivity index (χ0n) is 11.8. The van der Waals surface area contributed by atoms with Gasteiger partial charge in [0.15, 0.2) is 6.61 Å². The molecular weight excluding hydrogens is 301 g/mol. The van der Waals surface area contributed by atoms with Crippen molar-refractivity contribution in [2.75, 3.05) is 11.9 Å². The third-order valence-corrected chi connectivity index (χ3v) is 2.71. The van der Waals surface area contributed by atoms with Crippen LogP contribution in [0.1, 0.15) is 17.0 Å². The summed E-state index contributed by atoms with van der Waals surface area (Å²) in [6.07, 6.45) is -4.65. The zero-order valence-corrected chi connectivity index (χ0v) is 11.8. The first kappa shape index (κ1) is 15.8. The Kier molecular flexibility index (Phi) is 4.34. The van der Waals surface area contributed by atoms with Crippen LogP contribution in [-0.4, -0.2) is 27.7 Å². The number of hydrogen-bond donors (Lipinski definition) is 2. The lowest BCUT2D eigenvalue weighted by Gasteiger charge is -2.09. The number of nitrogens with one attached hydrogen (secondary N) is 2. The van der Waals surface area contributed by atoms with Gasteiger partial charge in [-0.3, -0.25) is 15.2 Å². The van der Waals surface area contributed by atoms with Crippen molar-refractivity contribution in [2.24, 2.45) is 0 Å². The van der Waals surface area contributed by atoms with Crippen LogP contribution in [0.2, 0.25) is 0 Å². The maximum Gasteiger partial charge on any atom is 0.451 e. The summed E-state index contributed by atoms with van der Waals surface area (Å²) in [7, 11) is 0. The highest BCUT2D eigenvalue weighted by Gasteiger charge is 2.35. The van der Waals surface area contributed by atoms with Crippen molar-refractivity contribution < 1.29 is 22.7 Å². The minimum Gasteiger partial charge on any atom is -0.483 e. The van der Waals surface area contributed by atoms with E-state index in [0.717, 1.165) is 11.1 Å². The molecule has 9 heteroatoms. The van der Waals surface area contributed by atoms with Crippen LogP contribution in [-0.2, 0) is 11.0 Å². The fourth-order valence-corrected chi connectivity index (χ4v) is 1.61. The number of hydrogen-bond acceptors (Lipinski definition) is 4. The van der Waals surface area contributed by atoms with Gasteiger partial charge < -0.3 is 4.74 Å². The smallest absolute Gasteiger partial charge is 0.451 e. The van der Waals surface area contributed by atoms with Gasteiger partial charge in [0, 0.05) is 0 Å². The average Bonchev–Trinajstić information content (AvgIpc) is 2.88. The fourth-order valence-electron chi connectivity index (χ4n) is 1.61. The van der Waals surface area contributed by atoms with E-state index in [1.165, 1.54) is 0 Å². The summed E-state index contributed by atoms with van der Waals surface area (Å²) in [6, 6.07) is 5.50. The van der Waals surface area contributed by atoms with Crippen molar-refractivity contribution in [1.82, 2.24) is 15.2 Å². The van der Waals surface area contributed by atoms with E-state index in [1.54, 1.807) is 11.2 Å². The number of aromatic amines is 1. The lowest BCUT2D eigenvalue weighted by Crippen LogP contribution is -2.21. The zero-order chi connectivity index (χ0) is 16.3. The van der Waals surface area contributed by atoms with Crippen LogP contribution < -0.4 is 10.1 Å². The monoisotopic (exact) mass is 314 g/mol. The first-order valence-electron chi connectivity index (χ1n) is 6.25. The lowest BCUT2D eigenvalue weighted by molar-refractivity contribution is -0.144. The highest BCUT2D eigenvalue weighted by atomic mass is 19.4. The molecule has 1 aromatic carbocycles. The Morgan fingerprint density at radius 3 is 2.73 bits per heavy atom. The molecule has 22 heavy (non-hydrogen) atoms. The van der Waals surface area contributed by atoms with Crippen molar-refractivity contribution in [3.05, 3.63) is 35.2 Å². The van der Waals surface area contributed by atoms with Crippen LogP contribution in [0.3, 0.4) is 0 Å². The van der Waals surface area contributed by atoms with Gasteiger partial charge in [-0.05, 0) is 31.0 Å². The minimum atomic E-state index is -4.65. The molecule has 118 valence electrons. The second-order valence-corrected chi connectivity index (χ2v) is 4.61. The van der Waals surface area contributed by atoms with Crippen molar-refractivity contribution in [3.63, 3.8) is 0 Å². The number of benzene rings is 1. The van der Waals surface area contributed by atoms with Crippen LogP contribution in [0.5, 0.6) is 5.75 Å². The Balaban J connectivity index is 1.93. The number of carbonyl (C=O) groups is 1. The SMILES string of the molecule is Cc1ccc(C)c(OCC(=O)Nc2n[nH]c(C(F)(F)F)n2)c1. The van der Waals surface area contributed by atoms with Crippen molar-refractivity contribution >= 4 is 11.9 Å². The van der Waals surface area contributed by atoms with E-state index in [0.29, 0.717) is 5.75 Å². The quantitative estimate of drug-likeness (QED) is 0.908. The molecule has 0 atom stereocenters. The van der Waals surface area contributed by atoms with E-state index in [1.807, 2.05) is 26.0 Å². The molecule has 2 N–H and O–H groups in total. The summed E-state index contributed by atoms with van der Waals surface area (Å²) < 4.78 is 42.3. The Morgan fingerprint density at radius 2 is 2.09 bits per heavy atom. The van der Waals surface area contributed by atoms with E-state index >= 15 is 0 Å². The molecule has 1 amide bonds. The molecule has 0 bridgehead atoms. The van der Waals surface area contributed by atoms with E-state index in [2.05, 4.69) is 15.4 Å². The van der Waals surface area contributed by atoms with Gasteiger partial charge in [0.1, 0.15) is 5.75 Å². The third kappa shape index (κ3) is 3.96. The largest absolute Gasteiger partial charge is 0.483 e. The number of anilines is 1. The van der Waals surface area contributed by atoms with Crippen LogP contribution >= 0.6 is 0 Å². The van der Waals surface area contributed by atoms with Gasteiger partial charge in [-0.25, -0.2) is 0 Å². The van der Waals surface area contributed by atoms with Gasteiger partial charge in [-0.1, -0.05) is 12.1 Å². The molecule has 0 aliphatic carbocycles. The summed E-state index contributed by atoms with van der Waals surface area (Å²) in [4.78, 5) is 14.8. The number of aromatic nitrogens is 3. The van der Waals surface area contributed by atoms with Gasteiger partial charge >= 0.3 is 6.18 Å². The predicted octanol–water partition coefficient (Wildman–Crippen LogP) is 2.46. The molecule has 2 aromatic rings. The number of aryl methyl sites for hydroxylation is 2. The Labute approximate surface area is 123 Å². The predicted molar refractivity (Wildman–Crippen MR) is 71.4 cm³/mol. The summed E-state index contributed by atoms with van der Waals surface area (Å²) in [5.74, 6) is -1.87. The molecule has 2 rings (SSSR count). The normalized spacial score (nSPS) is 11.3. The molecule has 0 unspecified atom stereocenters. The van der Waals surface area contributed by atoms with Crippen LogP contribution in [0.4, 0.5) is 19.1 Å². The van der Waals surface area contributed by atoms with Crippen LogP contribution in [0.25, 0.3) is 0 Å². The number of amides is 1. The molecule has 0 saturated heterocycles. The fraction of sp³-hybridized carbons (Fsp3) is 0.308. The summed E-state index contributed by atoms with van der Waals surface area (Å²) in [5, 5.41) is 7.09. The lowest BCUT2D eigenvalue weighted by atomic mass is 10.1. The van der Waals surface area contributed by atoms with Crippen LogP contribution in [0.15, 0.2) is 18.2 Å². The van der Waals surface area contributed by atoms with E-state index in [4.69, 9.17) is 4.74 Å². The minimum absolute atomic E-state index is 0.361. The van der Waals surface area contributed by atoms with Crippen LogP contribution in [0, 0.1) is 13.8 Å². The van der Waals surface area contributed by atoms with Gasteiger partial charge in [-0.15, -0.1) is 5.10 Å². The number of rotatable bonds is 4. The van der Waals surface area contributed by atoms with Gasteiger partial charge in [0.25, 0.3) is 5.91 Å². The number of nitrogens with zero attached hydrogens (tertiary/aromatic N) is 2. The molecule has 0 saturated carbocycles. The second kappa shape index (κ2) is 6.04. The standard InChI is InChI=1S/C13H13F3N4O2/c1-7-3-4-8(2)9(5-7)22-6-10(21)17-12-18-11(19-20-12)13(14,15)16/h3-5H,6H2,1-2H3,(H2,17,18,19,20,21). The maximum absolute atomic E-state index is 12.3. The first-order chi connectivity index (χ1) is 10.3. The topological polar surface area (TPSA) is 79.9 Å². The second-order valence-electron chi connectivity index (χ2n) is 4.61. The van der Waals surface area contributed by atoms with Gasteiger partial charge in [0.05, 0.1) is 0 Å². The Morgan fingerprint density at radius 1 is 1.36 bits per heavy atom.